The van der Waals surface area contributed by atoms with E-state index in [-0.39, 0.29) is 12.4 Å². The predicted octanol–water partition coefficient (Wildman–Crippen LogP) is 3.60. The van der Waals surface area contributed by atoms with Crippen LogP contribution < -0.4 is 5.32 Å². The molecule has 0 saturated carbocycles. The molecular formula is C19H29ClN4. The molecule has 1 atom stereocenters. The highest BCUT2D eigenvalue weighted by Crippen LogP contribution is 2.23. The van der Waals surface area contributed by atoms with Crippen molar-refractivity contribution in [2.24, 2.45) is 0 Å². The minimum absolute atomic E-state index is 0. The first kappa shape index (κ1) is 19.0. The van der Waals surface area contributed by atoms with Crippen LogP contribution in [0.4, 0.5) is 0 Å². The largest absolute Gasteiger partial charge is 0.316 e. The Kier molecular flexibility index (Phi) is 6.84. The number of rotatable bonds is 5. The average molecular weight is 349 g/mol. The Bertz CT molecular complexity index is 624. The zero-order valence-corrected chi connectivity index (χ0v) is 15.7. The van der Waals surface area contributed by atoms with Crippen molar-refractivity contribution >= 4 is 12.4 Å². The molecule has 0 spiro atoms. The van der Waals surface area contributed by atoms with Crippen molar-refractivity contribution in [1.29, 1.82) is 0 Å². The Balaban J connectivity index is 0.00000208. The molecule has 1 N–H and O–H groups in total. The van der Waals surface area contributed by atoms with Crippen molar-refractivity contribution in [3.8, 4) is 5.69 Å². The van der Waals surface area contributed by atoms with E-state index in [0.717, 1.165) is 18.8 Å². The van der Waals surface area contributed by atoms with Crippen LogP contribution in [0.2, 0.25) is 0 Å². The van der Waals surface area contributed by atoms with Crippen molar-refractivity contribution in [3.63, 3.8) is 0 Å². The molecule has 1 fully saturated rings. The molecule has 0 aliphatic carbocycles. The number of nitrogens with one attached hydrogen (secondary N) is 1. The number of halogens is 1. The van der Waals surface area contributed by atoms with Crippen LogP contribution in [0.25, 0.3) is 5.69 Å². The van der Waals surface area contributed by atoms with Crippen LogP contribution in [0.3, 0.4) is 0 Å². The van der Waals surface area contributed by atoms with Gasteiger partial charge >= 0.3 is 0 Å². The standard InChI is InChI=1S/C19H28N4.ClH/c1-15(2)19-16(12-22-11-7-8-17(14-22)20-3)13-23(21-19)18-9-5-4-6-10-18;/h4-6,9-10,13,15,17,20H,7-8,11-12,14H2,1-3H3;1H. The second-order valence-corrected chi connectivity index (χ2v) is 6.84. The third kappa shape index (κ3) is 4.38. The van der Waals surface area contributed by atoms with Gasteiger partial charge in [-0.3, -0.25) is 4.90 Å². The number of hydrogen-bond donors (Lipinski definition) is 1. The van der Waals surface area contributed by atoms with Crippen molar-refractivity contribution < 1.29 is 0 Å². The summed E-state index contributed by atoms with van der Waals surface area (Å²) >= 11 is 0. The Hall–Kier alpha value is -1.36. The molecule has 2 aromatic rings. The number of hydrogen-bond acceptors (Lipinski definition) is 3. The minimum Gasteiger partial charge on any atom is -0.316 e. The predicted molar refractivity (Wildman–Crippen MR) is 102 cm³/mol. The topological polar surface area (TPSA) is 33.1 Å². The summed E-state index contributed by atoms with van der Waals surface area (Å²) in [4.78, 5) is 2.56. The Morgan fingerprint density at radius 2 is 2.00 bits per heavy atom. The monoisotopic (exact) mass is 348 g/mol. The molecule has 1 aliphatic heterocycles. The zero-order chi connectivity index (χ0) is 16.2. The number of para-hydroxylation sites is 1. The van der Waals surface area contributed by atoms with Gasteiger partial charge in [-0.05, 0) is 44.5 Å². The molecule has 4 nitrogen and oxygen atoms in total. The van der Waals surface area contributed by atoms with Crippen LogP contribution in [-0.4, -0.2) is 40.9 Å². The van der Waals surface area contributed by atoms with Gasteiger partial charge in [0, 0.05) is 30.9 Å². The average Bonchev–Trinajstić information content (AvgIpc) is 3.00. The molecule has 5 heteroatoms. The quantitative estimate of drug-likeness (QED) is 0.896. The molecular weight excluding hydrogens is 320 g/mol. The first-order valence-electron chi connectivity index (χ1n) is 8.71. The summed E-state index contributed by atoms with van der Waals surface area (Å²) in [6.45, 7) is 7.77. The smallest absolute Gasteiger partial charge is 0.0699 e. The van der Waals surface area contributed by atoms with E-state index in [1.54, 1.807) is 0 Å². The summed E-state index contributed by atoms with van der Waals surface area (Å²) < 4.78 is 2.03. The maximum Gasteiger partial charge on any atom is 0.0699 e. The third-order valence-corrected chi connectivity index (χ3v) is 4.70. The van der Waals surface area contributed by atoms with Crippen LogP contribution in [0.1, 0.15) is 43.9 Å². The fourth-order valence-electron chi connectivity index (χ4n) is 3.42. The fourth-order valence-corrected chi connectivity index (χ4v) is 3.42. The van der Waals surface area contributed by atoms with E-state index in [4.69, 9.17) is 5.10 Å². The lowest BCUT2D eigenvalue weighted by Gasteiger charge is -2.32. The van der Waals surface area contributed by atoms with Crippen molar-refractivity contribution in [3.05, 3.63) is 47.8 Å². The third-order valence-electron chi connectivity index (χ3n) is 4.70. The fraction of sp³-hybridized carbons (Fsp3) is 0.526. The van der Waals surface area contributed by atoms with Gasteiger partial charge in [0.05, 0.1) is 11.4 Å². The summed E-state index contributed by atoms with van der Waals surface area (Å²) in [6.07, 6.45) is 4.77. The first-order chi connectivity index (χ1) is 11.2. The zero-order valence-electron chi connectivity index (χ0n) is 14.9. The first-order valence-corrected chi connectivity index (χ1v) is 8.71. The van der Waals surface area contributed by atoms with Gasteiger partial charge in [0.1, 0.15) is 0 Å². The molecule has 1 aliphatic rings. The van der Waals surface area contributed by atoms with E-state index in [1.807, 2.05) is 10.7 Å². The number of benzene rings is 1. The number of nitrogens with zero attached hydrogens (tertiary/aromatic N) is 3. The maximum atomic E-state index is 4.86. The summed E-state index contributed by atoms with van der Waals surface area (Å²) in [5, 5.41) is 8.28. The normalized spacial score (nSPS) is 18.6. The van der Waals surface area contributed by atoms with Gasteiger partial charge in [-0.1, -0.05) is 32.0 Å². The summed E-state index contributed by atoms with van der Waals surface area (Å²) in [5.74, 6) is 0.444. The van der Waals surface area contributed by atoms with E-state index < -0.39 is 0 Å². The maximum absolute atomic E-state index is 4.86. The lowest BCUT2D eigenvalue weighted by Crippen LogP contribution is -2.43. The van der Waals surface area contributed by atoms with Gasteiger partial charge in [0.15, 0.2) is 0 Å². The molecule has 24 heavy (non-hydrogen) atoms. The second-order valence-electron chi connectivity index (χ2n) is 6.84. The van der Waals surface area contributed by atoms with E-state index in [1.165, 1.54) is 30.6 Å². The van der Waals surface area contributed by atoms with Crippen molar-refractivity contribution in [2.45, 2.75) is 45.2 Å². The highest BCUT2D eigenvalue weighted by Gasteiger charge is 2.21. The van der Waals surface area contributed by atoms with E-state index in [2.05, 4.69) is 61.6 Å². The van der Waals surface area contributed by atoms with Gasteiger partial charge in [-0.2, -0.15) is 5.10 Å². The molecule has 1 aromatic heterocycles. The SMILES string of the molecule is CNC1CCCN(Cc2cn(-c3ccccc3)nc2C(C)C)C1.Cl. The molecule has 3 rings (SSSR count). The Morgan fingerprint density at radius 1 is 1.25 bits per heavy atom. The lowest BCUT2D eigenvalue weighted by atomic mass is 10.0. The summed E-state index contributed by atoms with van der Waals surface area (Å²) in [6, 6.07) is 11.0. The van der Waals surface area contributed by atoms with Gasteiger partial charge in [0.2, 0.25) is 0 Å². The van der Waals surface area contributed by atoms with E-state index in [9.17, 15) is 0 Å². The van der Waals surface area contributed by atoms with E-state index in [0.29, 0.717) is 12.0 Å². The van der Waals surface area contributed by atoms with Crippen LogP contribution in [0.15, 0.2) is 36.5 Å². The molecule has 2 heterocycles. The molecule has 1 unspecified atom stereocenters. The molecule has 0 amide bonds. The number of piperidine rings is 1. The Labute approximate surface area is 151 Å². The number of likely N-dealkylation sites (N-methyl/N-ethyl adjacent to an activating group) is 1. The van der Waals surface area contributed by atoms with E-state index >= 15 is 0 Å². The number of aromatic nitrogens is 2. The molecule has 132 valence electrons. The van der Waals surface area contributed by atoms with Crippen LogP contribution >= 0.6 is 12.4 Å². The van der Waals surface area contributed by atoms with Crippen LogP contribution in [0, 0.1) is 0 Å². The molecule has 1 aromatic carbocycles. The minimum atomic E-state index is 0. The molecule has 0 radical (unpaired) electrons. The van der Waals surface area contributed by atoms with Gasteiger partial charge in [-0.15, -0.1) is 12.4 Å². The number of likely N-dealkylation sites (tertiary alicyclic amines) is 1. The Morgan fingerprint density at radius 3 is 2.67 bits per heavy atom. The van der Waals surface area contributed by atoms with Crippen molar-refractivity contribution in [2.75, 3.05) is 20.1 Å². The van der Waals surface area contributed by atoms with Crippen molar-refractivity contribution in [1.82, 2.24) is 20.0 Å². The van der Waals surface area contributed by atoms with Crippen LogP contribution in [-0.2, 0) is 6.54 Å². The lowest BCUT2D eigenvalue weighted by molar-refractivity contribution is 0.187. The highest BCUT2D eigenvalue weighted by atomic mass is 35.5. The van der Waals surface area contributed by atoms with Gasteiger partial charge in [-0.25, -0.2) is 4.68 Å². The van der Waals surface area contributed by atoms with Gasteiger partial charge < -0.3 is 5.32 Å². The van der Waals surface area contributed by atoms with Gasteiger partial charge in [0.25, 0.3) is 0 Å². The summed E-state index contributed by atoms with van der Waals surface area (Å²) in [5.41, 5.74) is 3.72. The summed E-state index contributed by atoms with van der Waals surface area (Å²) in [7, 11) is 2.07. The second kappa shape index (κ2) is 8.65. The molecule has 0 bridgehead atoms. The van der Waals surface area contributed by atoms with Crippen LogP contribution in [0.5, 0.6) is 0 Å². The molecule has 1 saturated heterocycles. The highest BCUT2D eigenvalue weighted by molar-refractivity contribution is 5.85.